The van der Waals surface area contributed by atoms with Crippen LogP contribution in [0.5, 0.6) is 5.75 Å². The van der Waals surface area contributed by atoms with E-state index in [1.807, 2.05) is 31.2 Å². The second kappa shape index (κ2) is 7.50. The summed E-state index contributed by atoms with van der Waals surface area (Å²) in [6.45, 7) is 2.24. The molecule has 0 saturated carbocycles. The zero-order valence-electron chi connectivity index (χ0n) is 11.9. The molecular weight excluding hydrogens is 270 g/mol. The average molecular weight is 289 g/mol. The molecule has 0 fully saturated rings. The Morgan fingerprint density at radius 2 is 2.14 bits per heavy atom. The number of furan rings is 1. The van der Waals surface area contributed by atoms with Gasteiger partial charge in [0.15, 0.2) is 6.61 Å². The maximum atomic E-state index is 11.7. The van der Waals surface area contributed by atoms with Crippen LogP contribution < -0.4 is 10.1 Å². The van der Waals surface area contributed by atoms with Crippen molar-refractivity contribution in [1.29, 1.82) is 0 Å². The molecular formula is C16H19NO4. The van der Waals surface area contributed by atoms with Crippen molar-refractivity contribution in [3.63, 3.8) is 0 Å². The van der Waals surface area contributed by atoms with Gasteiger partial charge >= 0.3 is 0 Å². The van der Waals surface area contributed by atoms with Crippen LogP contribution in [0, 0.1) is 6.92 Å². The predicted molar refractivity (Wildman–Crippen MR) is 78.0 cm³/mol. The van der Waals surface area contributed by atoms with Crippen molar-refractivity contribution in [3.05, 3.63) is 54.0 Å². The van der Waals surface area contributed by atoms with Gasteiger partial charge in [-0.1, -0.05) is 18.2 Å². The van der Waals surface area contributed by atoms with Crippen molar-refractivity contribution in [1.82, 2.24) is 5.32 Å². The topological polar surface area (TPSA) is 71.7 Å². The molecule has 2 N–H and O–H groups in total. The van der Waals surface area contributed by atoms with E-state index in [2.05, 4.69) is 5.32 Å². The first-order valence-corrected chi connectivity index (χ1v) is 6.83. The third kappa shape index (κ3) is 4.65. The van der Waals surface area contributed by atoms with E-state index in [0.717, 1.165) is 5.56 Å². The fourth-order valence-electron chi connectivity index (χ4n) is 1.88. The molecule has 5 nitrogen and oxygen atoms in total. The number of hydrogen-bond donors (Lipinski definition) is 2. The van der Waals surface area contributed by atoms with Crippen LogP contribution in [0.1, 0.15) is 23.8 Å². The third-order valence-corrected chi connectivity index (χ3v) is 3.06. The second-order valence-electron chi connectivity index (χ2n) is 4.72. The van der Waals surface area contributed by atoms with Crippen LogP contribution in [0.2, 0.25) is 0 Å². The molecule has 0 radical (unpaired) electrons. The lowest BCUT2D eigenvalue weighted by molar-refractivity contribution is -0.123. The number of amides is 1. The van der Waals surface area contributed by atoms with Crippen molar-refractivity contribution in [3.8, 4) is 5.75 Å². The summed E-state index contributed by atoms with van der Waals surface area (Å²) in [5, 5.41) is 12.5. The normalized spacial score (nSPS) is 11.9. The van der Waals surface area contributed by atoms with Crippen LogP contribution in [0.25, 0.3) is 0 Å². The molecule has 2 aromatic rings. The molecule has 1 aromatic carbocycles. The molecule has 0 bridgehead atoms. The Morgan fingerprint density at radius 1 is 1.33 bits per heavy atom. The number of nitrogens with one attached hydrogen (secondary N) is 1. The number of para-hydroxylation sites is 1. The number of benzene rings is 1. The van der Waals surface area contributed by atoms with Gasteiger partial charge in [-0.05, 0) is 37.1 Å². The monoisotopic (exact) mass is 289 g/mol. The molecule has 112 valence electrons. The standard InChI is InChI=1S/C16H19NO4/c1-12-5-2-3-6-14(12)21-11-16(19)17-9-8-13(18)15-7-4-10-20-15/h2-7,10,13,18H,8-9,11H2,1H3,(H,17,19). The molecule has 0 saturated heterocycles. The van der Waals surface area contributed by atoms with Crippen LogP contribution in [-0.2, 0) is 4.79 Å². The minimum absolute atomic E-state index is 0.0400. The number of ether oxygens (including phenoxy) is 1. The Balaban J connectivity index is 1.67. The van der Waals surface area contributed by atoms with Crippen molar-refractivity contribution in [2.45, 2.75) is 19.4 Å². The lowest BCUT2D eigenvalue weighted by Gasteiger charge is -2.11. The van der Waals surface area contributed by atoms with Gasteiger partial charge in [0.25, 0.3) is 5.91 Å². The highest BCUT2D eigenvalue weighted by atomic mass is 16.5. The summed E-state index contributed by atoms with van der Waals surface area (Å²) in [5.74, 6) is 0.980. The highest BCUT2D eigenvalue weighted by molar-refractivity contribution is 5.77. The molecule has 1 amide bonds. The highest BCUT2D eigenvalue weighted by Crippen LogP contribution is 2.16. The Hall–Kier alpha value is -2.27. The van der Waals surface area contributed by atoms with E-state index in [1.54, 1.807) is 12.1 Å². The third-order valence-electron chi connectivity index (χ3n) is 3.06. The van der Waals surface area contributed by atoms with Gasteiger partial charge in [-0.3, -0.25) is 4.79 Å². The lowest BCUT2D eigenvalue weighted by Crippen LogP contribution is -2.30. The van der Waals surface area contributed by atoms with Gasteiger partial charge in [-0.25, -0.2) is 0 Å². The summed E-state index contributed by atoms with van der Waals surface area (Å²) in [7, 11) is 0. The summed E-state index contributed by atoms with van der Waals surface area (Å²) >= 11 is 0. The molecule has 2 rings (SSSR count). The van der Waals surface area contributed by atoms with Crippen LogP contribution in [0.3, 0.4) is 0 Å². The van der Waals surface area contributed by atoms with Crippen molar-refractivity contribution < 1.29 is 19.1 Å². The van der Waals surface area contributed by atoms with E-state index in [4.69, 9.17) is 9.15 Å². The Morgan fingerprint density at radius 3 is 2.86 bits per heavy atom. The Kier molecular flexibility index (Phi) is 5.40. The largest absolute Gasteiger partial charge is 0.484 e. The van der Waals surface area contributed by atoms with Crippen molar-refractivity contribution >= 4 is 5.91 Å². The first kappa shape index (κ1) is 15.1. The molecule has 1 heterocycles. The molecule has 0 spiro atoms. The van der Waals surface area contributed by atoms with E-state index in [1.165, 1.54) is 6.26 Å². The summed E-state index contributed by atoms with van der Waals surface area (Å²) < 4.78 is 10.5. The zero-order valence-corrected chi connectivity index (χ0v) is 11.9. The minimum Gasteiger partial charge on any atom is -0.484 e. The van der Waals surface area contributed by atoms with E-state index in [0.29, 0.717) is 24.5 Å². The van der Waals surface area contributed by atoms with Crippen LogP contribution >= 0.6 is 0 Å². The number of aryl methyl sites for hydroxylation is 1. The summed E-state index contributed by atoms with van der Waals surface area (Å²) in [4.78, 5) is 11.7. The van der Waals surface area contributed by atoms with Gasteiger partial charge in [0.05, 0.1) is 6.26 Å². The molecule has 1 unspecified atom stereocenters. The molecule has 21 heavy (non-hydrogen) atoms. The maximum absolute atomic E-state index is 11.7. The molecule has 0 aliphatic heterocycles. The average Bonchev–Trinajstić information content (AvgIpc) is 3.00. The number of carbonyl (C=O) groups is 1. The Labute approximate surface area is 123 Å². The van der Waals surface area contributed by atoms with Gasteiger partial charge in [0.2, 0.25) is 0 Å². The van der Waals surface area contributed by atoms with Gasteiger partial charge in [0.1, 0.15) is 17.6 Å². The first-order valence-electron chi connectivity index (χ1n) is 6.83. The predicted octanol–water partition coefficient (Wildman–Crippen LogP) is 2.21. The lowest BCUT2D eigenvalue weighted by atomic mass is 10.2. The molecule has 5 heteroatoms. The van der Waals surface area contributed by atoms with Gasteiger partial charge in [0, 0.05) is 6.54 Å². The summed E-state index contributed by atoms with van der Waals surface area (Å²) in [5.41, 5.74) is 0.985. The van der Waals surface area contributed by atoms with Gasteiger partial charge in [-0.15, -0.1) is 0 Å². The first-order chi connectivity index (χ1) is 10.2. The number of hydrogen-bond acceptors (Lipinski definition) is 4. The van der Waals surface area contributed by atoms with Crippen LogP contribution in [-0.4, -0.2) is 24.2 Å². The number of aliphatic hydroxyl groups excluding tert-OH is 1. The fourth-order valence-corrected chi connectivity index (χ4v) is 1.88. The minimum atomic E-state index is -0.711. The Bertz CT molecular complexity index is 565. The van der Waals surface area contributed by atoms with Gasteiger partial charge in [-0.2, -0.15) is 0 Å². The quantitative estimate of drug-likeness (QED) is 0.819. The number of rotatable bonds is 7. The van der Waals surface area contributed by atoms with E-state index < -0.39 is 6.10 Å². The maximum Gasteiger partial charge on any atom is 0.257 e. The van der Waals surface area contributed by atoms with Crippen LogP contribution in [0.4, 0.5) is 0 Å². The summed E-state index contributed by atoms with van der Waals surface area (Å²) in [6.07, 6.45) is 1.19. The van der Waals surface area contributed by atoms with Crippen molar-refractivity contribution in [2.75, 3.05) is 13.2 Å². The molecule has 0 aliphatic rings. The molecule has 1 atom stereocenters. The number of aliphatic hydroxyl groups is 1. The number of carbonyl (C=O) groups excluding carboxylic acids is 1. The van der Waals surface area contributed by atoms with Crippen molar-refractivity contribution in [2.24, 2.45) is 0 Å². The highest BCUT2D eigenvalue weighted by Gasteiger charge is 2.11. The van der Waals surface area contributed by atoms with E-state index >= 15 is 0 Å². The van der Waals surface area contributed by atoms with Gasteiger partial charge < -0.3 is 19.6 Å². The molecule has 0 aliphatic carbocycles. The second-order valence-corrected chi connectivity index (χ2v) is 4.72. The van der Waals surface area contributed by atoms with Crippen LogP contribution in [0.15, 0.2) is 47.1 Å². The smallest absolute Gasteiger partial charge is 0.257 e. The fraction of sp³-hybridized carbons (Fsp3) is 0.312. The zero-order chi connectivity index (χ0) is 15.1. The summed E-state index contributed by atoms with van der Waals surface area (Å²) in [6, 6.07) is 10.9. The van der Waals surface area contributed by atoms with E-state index in [-0.39, 0.29) is 12.5 Å². The SMILES string of the molecule is Cc1ccccc1OCC(=O)NCCC(O)c1ccco1. The molecule has 1 aromatic heterocycles. The van der Waals surface area contributed by atoms with E-state index in [9.17, 15) is 9.90 Å².